The molecule has 0 aliphatic carbocycles. The lowest BCUT2D eigenvalue weighted by Gasteiger charge is -2.07. The normalized spacial score (nSPS) is 14.8. The van der Waals surface area contributed by atoms with Gasteiger partial charge in [-0.3, -0.25) is 4.99 Å². The van der Waals surface area contributed by atoms with Crippen LogP contribution < -0.4 is 11.1 Å². The van der Waals surface area contributed by atoms with E-state index in [1.165, 1.54) is 0 Å². The van der Waals surface area contributed by atoms with Crippen molar-refractivity contribution in [3.05, 3.63) is 28.4 Å². The Hall–Kier alpha value is -1.69. The molecule has 3 rings (SSSR count). The van der Waals surface area contributed by atoms with Crippen LogP contribution in [0.3, 0.4) is 0 Å². The van der Waals surface area contributed by atoms with E-state index in [2.05, 4.69) is 36.2 Å². The summed E-state index contributed by atoms with van der Waals surface area (Å²) >= 11 is 3.55. The average Bonchev–Trinajstić information content (AvgIpc) is 2.82. The van der Waals surface area contributed by atoms with Gasteiger partial charge in [-0.1, -0.05) is 0 Å². The molecule has 0 spiro atoms. The van der Waals surface area contributed by atoms with E-state index >= 15 is 0 Å². The molecule has 0 saturated heterocycles. The topological polar surface area (TPSA) is 76.2 Å². The number of hydrogen-bond acceptors (Lipinski definition) is 5. The number of halogens is 1. The standard InChI is InChI=1S/C11H10BrN5/c12-9-6(11-14-3-4-15-11)1-2-7-10(9)16-5-8(13)17-7/h1-2,5H,3-4H2,(H2,13,17)(H,14,15). The summed E-state index contributed by atoms with van der Waals surface area (Å²) in [5.41, 5.74) is 8.19. The van der Waals surface area contributed by atoms with Crippen molar-refractivity contribution in [2.45, 2.75) is 0 Å². The molecular weight excluding hydrogens is 282 g/mol. The molecule has 3 N–H and O–H groups in total. The second-order valence-corrected chi connectivity index (χ2v) is 4.54. The van der Waals surface area contributed by atoms with E-state index in [-0.39, 0.29) is 0 Å². The van der Waals surface area contributed by atoms with Crippen LogP contribution in [0.1, 0.15) is 5.56 Å². The molecule has 1 aromatic heterocycles. The Bertz CT molecular complexity index is 623. The Morgan fingerprint density at radius 2 is 2.24 bits per heavy atom. The molecule has 86 valence electrons. The summed E-state index contributed by atoms with van der Waals surface area (Å²) in [6.07, 6.45) is 1.56. The SMILES string of the molecule is Nc1cnc2c(Br)c(C3=NCCN3)ccc2n1. The van der Waals surface area contributed by atoms with Crippen molar-refractivity contribution in [2.24, 2.45) is 4.99 Å². The highest BCUT2D eigenvalue weighted by atomic mass is 79.9. The zero-order valence-corrected chi connectivity index (χ0v) is 10.5. The number of benzene rings is 1. The van der Waals surface area contributed by atoms with Gasteiger partial charge in [0.15, 0.2) is 0 Å². The van der Waals surface area contributed by atoms with Crippen LogP contribution >= 0.6 is 15.9 Å². The summed E-state index contributed by atoms with van der Waals surface area (Å²) in [4.78, 5) is 12.9. The molecule has 5 nitrogen and oxygen atoms in total. The lowest BCUT2D eigenvalue weighted by Crippen LogP contribution is -2.20. The molecule has 2 aromatic rings. The van der Waals surface area contributed by atoms with Crippen molar-refractivity contribution in [1.82, 2.24) is 15.3 Å². The van der Waals surface area contributed by atoms with Gasteiger partial charge in [-0.15, -0.1) is 0 Å². The van der Waals surface area contributed by atoms with Crippen LogP contribution in [0.15, 0.2) is 27.8 Å². The fourth-order valence-electron chi connectivity index (χ4n) is 1.83. The Kier molecular flexibility index (Phi) is 2.44. The van der Waals surface area contributed by atoms with Crippen LogP contribution in [-0.2, 0) is 0 Å². The Balaban J connectivity index is 2.22. The number of rotatable bonds is 1. The van der Waals surface area contributed by atoms with E-state index in [1.807, 2.05) is 12.1 Å². The number of nitrogens with zero attached hydrogens (tertiary/aromatic N) is 3. The van der Waals surface area contributed by atoms with Crippen LogP contribution in [0.25, 0.3) is 11.0 Å². The molecule has 1 aliphatic rings. The highest BCUT2D eigenvalue weighted by Crippen LogP contribution is 2.26. The van der Waals surface area contributed by atoms with Gasteiger partial charge in [-0.05, 0) is 28.1 Å². The van der Waals surface area contributed by atoms with E-state index in [0.29, 0.717) is 5.82 Å². The zero-order valence-electron chi connectivity index (χ0n) is 8.94. The monoisotopic (exact) mass is 291 g/mol. The maximum absolute atomic E-state index is 5.61. The highest BCUT2D eigenvalue weighted by molar-refractivity contribution is 9.10. The van der Waals surface area contributed by atoms with Gasteiger partial charge in [-0.25, -0.2) is 9.97 Å². The van der Waals surface area contributed by atoms with Gasteiger partial charge in [-0.2, -0.15) is 0 Å². The second-order valence-electron chi connectivity index (χ2n) is 3.75. The van der Waals surface area contributed by atoms with Crippen molar-refractivity contribution in [2.75, 3.05) is 18.8 Å². The molecule has 0 atom stereocenters. The quantitative estimate of drug-likeness (QED) is 0.831. The molecule has 0 radical (unpaired) electrons. The third kappa shape index (κ3) is 1.74. The van der Waals surface area contributed by atoms with Crippen LogP contribution in [0.4, 0.5) is 5.82 Å². The van der Waals surface area contributed by atoms with Gasteiger partial charge in [0.25, 0.3) is 0 Å². The number of aromatic nitrogens is 2. The zero-order chi connectivity index (χ0) is 11.8. The van der Waals surface area contributed by atoms with E-state index in [9.17, 15) is 0 Å². The fourth-order valence-corrected chi connectivity index (χ4v) is 2.45. The summed E-state index contributed by atoms with van der Waals surface area (Å²) in [6.45, 7) is 1.69. The van der Waals surface area contributed by atoms with Crippen molar-refractivity contribution >= 4 is 38.6 Å². The molecule has 2 heterocycles. The van der Waals surface area contributed by atoms with Gasteiger partial charge in [0.1, 0.15) is 17.2 Å². The van der Waals surface area contributed by atoms with Gasteiger partial charge in [0.2, 0.25) is 0 Å². The summed E-state index contributed by atoms with van der Waals surface area (Å²) < 4.78 is 0.899. The molecule has 0 fully saturated rings. The highest BCUT2D eigenvalue weighted by Gasteiger charge is 2.14. The maximum Gasteiger partial charge on any atom is 0.142 e. The first-order valence-electron chi connectivity index (χ1n) is 5.25. The largest absolute Gasteiger partial charge is 0.382 e. The minimum absolute atomic E-state index is 0.425. The first kappa shape index (κ1) is 10.5. The number of nitrogens with two attached hydrogens (primary N) is 1. The Labute approximate surface area is 106 Å². The molecule has 0 saturated carbocycles. The summed E-state index contributed by atoms with van der Waals surface area (Å²) in [5, 5.41) is 3.24. The molecule has 6 heteroatoms. The minimum atomic E-state index is 0.425. The van der Waals surface area contributed by atoms with Gasteiger partial charge in [0.05, 0.1) is 22.7 Å². The van der Waals surface area contributed by atoms with Gasteiger partial charge < -0.3 is 11.1 Å². The Morgan fingerprint density at radius 3 is 3.00 bits per heavy atom. The molecule has 1 aliphatic heterocycles. The number of fused-ring (bicyclic) bond motifs is 1. The third-order valence-electron chi connectivity index (χ3n) is 2.60. The molecule has 17 heavy (non-hydrogen) atoms. The predicted octanol–water partition coefficient (Wildman–Crippen LogP) is 1.32. The van der Waals surface area contributed by atoms with Crippen molar-refractivity contribution in [3.63, 3.8) is 0 Å². The maximum atomic E-state index is 5.61. The molecular formula is C11H10BrN5. The van der Waals surface area contributed by atoms with Crippen molar-refractivity contribution in [3.8, 4) is 0 Å². The van der Waals surface area contributed by atoms with Crippen molar-refractivity contribution in [1.29, 1.82) is 0 Å². The summed E-state index contributed by atoms with van der Waals surface area (Å²) in [7, 11) is 0. The van der Waals surface area contributed by atoms with Gasteiger partial charge >= 0.3 is 0 Å². The summed E-state index contributed by atoms with van der Waals surface area (Å²) in [5.74, 6) is 1.32. The lowest BCUT2D eigenvalue weighted by atomic mass is 10.1. The van der Waals surface area contributed by atoms with Crippen molar-refractivity contribution < 1.29 is 0 Å². The fraction of sp³-hybridized carbons (Fsp3) is 0.182. The molecule has 0 bridgehead atoms. The van der Waals surface area contributed by atoms with Crippen LogP contribution in [0.2, 0.25) is 0 Å². The van der Waals surface area contributed by atoms with Crippen LogP contribution in [0.5, 0.6) is 0 Å². The minimum Gasteiger partial charge on any atom is -0.382 e. The number of nitrogen functional groups attached to an aromatic ring is 1. The lowest BCUT2D eigenvalue weighted by molar-refractivity contribution is 0.960. The Morgan fingerprint density at radius 1 is 1.35 bits per heavy atom. The first-order valence-corrected chi connectivity index (χ1v) is 6.04. The van der Waals surface area contributed by atoms with E-state index in [4.69, 9.17) is 5.73 Å². The average molecular weight is 292 g/mol. The molecule has 0 unspecified atom stereocenters. The first-order chi connectivity index (χ1) is 8.25. The number of aliphatic imine (C=N–C) groups is 1. The smallest absolute Gasteiger partial charge is 0.142 e. The molecule has 1 aromatic carbocycles. The second kappa shape index (κ2) is 3.96. The van der Waals surface area contributed by atoms with Crippen LogP contribution in [-0.4, -0.2) is 28.9 Å². The summed E-state index contributed by atoms with van der Waals surface area (Å²) in [6, 6.07) is 3.87. The predicted molar refractivity (Wildman–Crippen MR) is 71.1 cm³/mol. The number of anilines is 1. The van der Waals surface area contributed by atoms with Gasteiger partial charge in [0, 0.05) is 12.1 Å². The van der Waals surface area contributed by atoms with Crippen LogP contribution in [0, 0.1) is 0 Å². The number of amidine groups is 1. The van der Waals surface area contributed by atoms with E-state index < -0.39 is 0 Å². The van der Waals surface area contributed by atoms with E-state index in [0.717, 1.165) is 40.0 Å². The van der Waals surface area contributed by atoms with E-state index in [1.54, 1.807) is 6.20 Å². The number of nitrogens with one attached hydrogen (secondary N) is 1. The number of hydrogen-bond donors (Lipinski definition) is 2. The molecule has 0 amide bonds. The third-order valence-corrected chi connectivity index (χ3v) is 3.40.